The zero-order valence-corrected chi connectivity index (χ0v) is 3.99. The Kier molecular flexibility index (Phi) is 16.0. The molecule has 0 atom stereocenters. The molecule has 0 heterocycles. The van der Waals surface area contributed by atoms with Crippen molar-refractivity contribution in [2.24, 2.45) is 0 Å². The molecule has 0 aromatic rings. The van der Waals surface area contributed by atoms with E-state index in [1.54, 1.807) is 0 Å². The Balaban J connectivity index is 0. The molecule has 0 spiro atoms. The van der Waals surface area contributed by atoms with Gasteiger partial charge in [-0.15, -0.1) is 0 Å². The summed E-state index contributed by atoms with van der Waals surface area (Å²) in [6.45, 7) is 5.54. The summed E-state index contributed by atoms with van der Waals surface area (Å²) in [5.74, 6) is 0. The smallest absolute Gasteiger partial charge is 0.288 e. The molecule has 0 N–H and O–H groups in total. The number of hydrogen-bond acceptors (Lipinski definition) is 0. The molecule has 0 aromatic carbocycles. The zero-order chi connectivity index (χ0) is 3.41. The minimum atomic E-state index is 0. The van der Waals surface area contributed by atoms with Crippen LogP contribution in [0.3, 0.4) is 0 Å². The molecule has 0 nitrogen and oxygen atoms in total. The van der Waals surface area contributed by atoms with Crippen molar-refractivity contribution in [3.63, 3.8) is 0 Å². The third-order valence-electron chi connectivity index (χ3n) is 0.289. The van der Waals surface area contributed by atoms with Gasteiger partial charge in [-0.25, -0.2) is 0 Å². The topological polar surface area (TPSA) is 0 Å². The summed E-state index contributed by atoms with van der Waals surface area (Å²) in [5, 5.41) is 0. The van der Waals surface area contributed by atoms with Crippen LogP contribution in [0.5, 0.6) is 0 Å². The maximum absolute atomic E-state index is 3.55. The van der Waals surface area contributed by atoms with E-state index < -0.39 is 0 Å². The second-order valence-electron chi connectivity index (χ2n) is 0.697. The van der Waals surface area contributed by atoms with Crippen LogP contribution in [0.1, 0.15) is 13.3 Å². The molecule has 0 fully saturated rings. The van der Waals surface area contributed by atoms with Crippen LogP contribution in [-0.2, 0) is 0 Å². The van der Waals surface area contributed by atoms with Crippen LogP contribution in [0.25, 0.3) is 0 Å². The fraction of sp³-hybridized carbons (Fsp3) is 0.500. The second-order valence-corrected chi connectivity index (χ2v) is 0.697. The van der Waals surface area contributed by atoms with Crippen molar-refractivity contribution in [3.8, 4) is 0 Å². The summed E-state index contributed by atoms with van der Waals surface area (Å²) >= 11 is 0. The van der Waals surface area contributed by atoms with Gasteiger partial charge in [0.1, 0.15) is 0 Å². The largest absolute Gasteiger partial charge is 1.00 e. The van der Waals surface area contributed by atoms with Crippen molar-refractivity contribution in [3.05, 3.63) is 13.3 Å². The predicted octanol–water partition coefficient (Wildman–Crippen LogP) is -1.56. The van der Waals surface area contributed by atoms with E-state index in [4.69, 9.17) is 0 Å². The van der Waals surface area contributed by atoms with Gasteiger partial charge < -0.3 is 0 Å². The molecular weight excluding hydrogens is 55.0 g/mol. The third-order valence-corrected chi connectivity index (χ3v) is 0.289. The van der Waals surface area contributed by atoms with Crippen LogP contribution in [-0.4, -0.2) is 0 Å². The fourth-order valence-electron chi connectivity index (χ4n) is 0. The van der Waals surface area contributed by atoms with Gasteiger partial charge in [0.15, 0.2) is 0 Å². The number of hydrogen-bond donors (Lipinski definition) is 0. The molecule has 0 aliphatic carbocycles. The maximum Gasteiger partial charge on any atom is 1.00 e. The van der Waals surface area contributed by atoms with Gasteiger partial charge >= 0.3 is 18.9 Å². The number of rotatable bonds is 1. The summed E-state index contributed by atoms with van der Waals surface area (Å²) in [4.78, 5) is 0. The minimum absolute atomic E-state index is 0. The van der Waals surface area contributed by atoms with Gasteiger partial charge in [-0.2, -0.15) is 6.92 Å². The number of unbranched alkanes of at least 4 members (excludes halogenated alkanes) is 1. The Morgan fingerprint density at radius 1 is 1.80 bits per heavy atom. The Labute approximate surface area is 46.1 Å². The quantitative estimate of drug-likeness (QED) is 0.255. The van der Waals surface area contributed by atoms with Crippen LogP contribution in [0.4, 0.5) is 0 Å². The molecule has 0 saturated carbocycles. The molecule has 0 aromatic heterocycles. The molecule has 0 bridgehead atoms. The predicted molar refractivity (Wildman–Crippen MR) is 19.9 cm³/mol. The minimum Gasteiger partial charge on any atom is -0.288 e. The summed E-state index contributed by atoms with van der Waals surface area (Å²) in [6, 6.07) is 0. The molecule has 1 heteroatoms. The van der Waals surface area contributed by atoms with Gasteiger partial charge in [0.05, 0.1) is 0 Å². The first-order valence-electron chi connectivity index (χ1n) is 1.49. The summed E-state index contributed by atoms with van der Waals surface area (Å²) < 4.78 is 0. The van der Waals surface area contributed by atoms with Gasteiger partial charge in [-0.3, -0.25) is 6.42 Å². The molecule has 0 unspecified atom stereocenters. The molecule has 0 aliphatic rings. The average molecular weight is 63.0 g/mol. The van der Waals surface area contributed by atoms with E-state index in [-0.39, 0.29) is 18.9 Å². The second kappa shape index (κ2) is 8.82. The van der Waals surface area contributed by atoms with Crippen LogP contribution in [0.2, 0.25) is 0 Å². The monoisotopic (exact) mass is 63.1 g/mol. The van der Waals surface area contributed by atoms with E-state index in [0.717, 1.165) is 6.42 Å². The van der Waals surface area contributed by atoms with Crippen molar-refractivity contribution in [1.29, 1.82) is 0 Å². The van der Waals surface area contributed by atoms with Crippen molar-refractivity contribution in [2.45, 2.75) is 13.3 Å². The van der Waals surface area contributed by atoms with E-state index >= 15 is 0 Å². The standard InChI is InChI=1S/C4H8.Li/c1-3-4-2;/h4H,1,3H2,2H3;/q;+1. The molecule has 0 amide bonds. The van der Waals surface area contributed by atoms with E-state index in [9.17, 15) is 0 Å². The molecular formula is C4H8Li+. The molecule has 0 radical (unpaired) electrons. The van der Waals surface area contributed by atoms with Crippen molar-refractivity contribution in [2.75, 3.05) is 0 Å². The Morgan fingerprint density at radius 3 is 2.00 bits per heavy atom. The molecule has 0 aliphatic heterocycles. The van der Waals surface area contributed by atoms with E-state index in [1.807, 2.05) is 13.3 Å². The van der Waals surface area contributed by atoms with Crippen molar-refractivity contribution < 1.29 is 18.9 Å². The zero-order valence-electron chi connectivity index (χ0n) is 3.99. The SMILES string of the molecule is [CH2+]C[CH-]C.[Li+]. The molecule has 5 heavy (non-hydrogen) atoms. The summed E-state index contributed by atoms with van der Waals surface area (Å²) in [5.41, 5.74) is 0. The molecule has 0 rings (SSSR count). The van der Waals surface area contributed by atoms with Crippen molar-refractivity contribution >= 4 is 0 Å². The van der Waals surface area contributed by atoms with Gasteiger partial charge in [0.2, 0.25) is 0 Å². The van der Waals surface area contributed by atoms with Gasteiger partial charge in [-0.1, -0.05) is 0 Å². The molecule has 24 valence electrons. The third kappa shape index (κ3) is 12.6. The average Bonchev–Trinajstić information content (AvgIpc) is 1.37. The first-order chi connectivity index (χ1) is 1.91. The Hall–Kier alpha value is 0.467. The van der Waals surface area contributed by atoms with E-state index in [1.165, 1.54) is 0 Å². The van der Waals surface area contributed by atoms with Crippen molar-refractivity contribution in [1.82, 2.24) is 0 Å². The first kappa shape index (κ1) is 9.08. The van der Waals surface area contributed by atoms with Gasteiger partial charge in [0, 0.05) is 6.92 Å². The normalized spacial score (nSPS) is 5.80. The maximum atomic E-state index is 3.55. The van der Waals surface area contributed by atoms with Gasteiger partial charge in [-0.05, 0) is 6.42 Å². The van der Waals surface area contributed by atoms with E-state index in [0.29, 0.717) is 0 Å². The van der Waals surface area contributed by atoms with E-state index in [2.05, 4.69) is 6.92 Å². The summed E-state index contributed by atoms with van der Waals surface area (Å²) in [7, 11) is 0. The Morgan fingerprint density at radius 2 is 2.00 bits per heavy atom. The van der Waals surface area contributed by atoms with Crippen LogP contribution in [0, 0.1) is 13.3 Å². The van der Waals surface area contributed by atoms with Crippen LogP contribution in [0.15, 0.2) is 0 Å². The fourth-order valence-corrected chi connectivity index (χ4v) is 0. The first-order valence-corrected chi connectivity index (χ1v) is 1.49. The Bertz CT molecular complexity index is 5.61. The van der Waals surface area contributed by atoms with Gasteiger partial charge in [0.25, 0.3) is 0 Å². The molecule has 0 saturated heterocycles. The summed E-state index contributed by atoms with van der Waals surface area (Å²) in [6.07, 6.45) is 2.96. The van der Waals surface area contributed by atoms with Crippen LogP contribution >= 0.6 is 0 Å². The van der Waals surface area contributed by atoms with Crippen LogP contribution < -0.4 is 18.9 Å².